The summed E-state index contributed by atoms with van der Waals surface area (Å²) in [4.78, 5) is 0. The van der Waals surface area contributed by atoms with Gasteiger partial charge in [0.05, 0.1) is 6.10 Å². The lowest BCUT2D eigenvalue weighted by Crippen LogP contribution is -2.02. The van der Waals surface area contributed by atoms with E-state index in [1.165, 1.54) is 0 Å². The minimum atomic E-state index is -0.525. The van der Waals surface area contributed by atoms with Gasteiger partial charge >= 0.3 is 0 Å². The normalized spacial score (nSPS) is 12.5. The zero-order valence-electron chi connectivity index (χ0n) is 7.60. The van der Waals surface area contributed by atoms with Gasteiger partial charge in [-0.15, -0.1) is 0 Å². The fourth-order valence-electron chi connectivity index (χ4n) is 1.18. The molecule has 3 heteroatoms. The van der Waals surface area contributed by atoms with E-state index in [1.807, 2.05) is 13.0 Å². The van der Waals surface area contributed by atoms with Crippen LogP contribution < -0.4 is 4.74 Å². The molecule has 0 spiro atoms. The first kappa shape index (κ1) is 10.0. The molecule has 72 valence electrons. The van der Waals surface area contributed by atoms with E-state index in [0.717, 1.165) is 5.56 Å². The third-order valence-electron chi connectivity index (χ3n) is 1.88. The summed E-state index contributed by atoms with van der Waals surface area (Å²) in [6, 6.07) is 7.15. The summed E-state index contributed by atoms with van der Waals surface area (Å²) in [6.07, 6.45) is 0.106. The number of para-hydroxylation sites is 1. The van der Waals surface area contributed by atoms with Crippen LogP contribution in [0.4, 0.5) is 0 Å². The molecule has 1 unspecified atom stereocenters. The van der Waals surface area contributed by atoms with Gasteiger partial charge in [-0.3, -0.25) is 0 Å². The average Bonchev–Trinajstić information content (AvgIpc) is 2.18. The number of ether oxygens (including phenoxy) is 1. The monoisotopic (exact) mass is 182 g/mol. The topological polar surface area (TPSA) is 49.7 Å². The van der Waals surface area contributed by atoms with Crippen LogP contribution in [0.15, 0.2) is 24.3 Å². The van der Waals surface area contributed by atoms with Crippen molar-refractivity contribution in [3.8, 4) is 5.75 Å². The maximum Gasteiger partial charge on any atom is 0.186 e. The second-order valence-electron chi connectivity index (χ2n) is 2.74. The van der Waals surface area contributed by atoms with Crippen molar-refractivity contribution in [2.24, 2.45) is 0 Å². The molecule has 0 bridgehead atoms. The van der Waals surface area contributed by atoms with Crippen LogP contribution in [0.1, 0.15) is 25.0 Å². The van der Waals surface area contributed by atoms with Gasteiger partial charge in [0.25, 0.3) is 0 Å². The summed E-state index contributed by atoms with van der Waals surface area (Å²) in [7, 11) is 0. The minimum absolute atomic E-state index is 0.368. The lowest BCUT2D eigenvalue weighted by atomic mass is 10.1. The second kappa shape index (κ2) is 4.84. The lowest BCUT2D eigenvalue weighted by molar-refractivity contribution is 0.0920. The van der Waals surface area contributed by atoms with Gasteiger partial charge in [0.15, 0.2) is 6.79 Å². The SMILES string of the molecule is CCC(O)c1ccccc1OCO. The highest BCUT2D eigenvalue weighted by atomic mass is 16.6. The van der Waals surface area contributed by atoms with Gasteiger partial charge < -0.3 is 14.9 Å². The van der Waals surface area contributed by atoms with E-state index in [0.29, 0.717) is 12.2 Å². The van der Waals surface area contributed by atoms with E-state index in [4.69, 9.17) is 9.84 Å². The Bertz CT molecular complexity index is 260. The molecule has 0 aliphatic rings. The molecule has 0 radical (unpaired) electrons. The van der Waals surface area contributed by atoms with E-state index in [-0.39, 0.29) is 6.79 Å². The lowest BCUT2D eigenvalue weighted by Gasteiger charge is -2.13. The number of benzene rings is 1. The Morgan fingerprint density at radius 3 is 2.69 bits per heavy atom. The number of aliphatic hydroxyl groups is 2. The smallest absolute Gasteiger partial charge is 0.186 e. The predicted octanol–water partition coefficient (Wildman–Crippen LogP) is 1.46. The first-order chi connectivity index (χ1) is 6.29. The summed E-state index contributed by atoms with van der Waals surface area (Å²) >= 11 is 0. The van der Waals surface area contributed by atoms with E-state index >= 15 is 0 Å². The van der Waals surface area contributed by atoms with Crippen molar-refractivity contribution in [1.82, 2.24) is 0 Å². The van der Waals surface area contributed by atoms with Crippen LogP contribution in [0.25, 0.3) is 0 Å². The predicted molar refractivity (Wildman–Crippen MR) is 49.4 cm³/mol. The Kier molecular flexibility index (Phi) is 3.73. The van der Waals surface area contributed by atoms with Crippen molar-refractivity contribution in [3.05, 3.63) is 29.8 Å². The van der Waals surface area contributed by atoms with Crippen LogP contribution in [0.3, 0.4) is 0 Å². The van der Waals surface area contributed by atoms with Gasteiger partial charge in [0.2, 0.25) is 0 Å². The van der Waals surface area contributed by atoms with Crippen molar-refractivity contribution >= 4 is 0 Å². The summed E-state index contributed by atoms with van der Waals surface area (Å²) in [5.74, 6) is 0.541. The molecule has 0 fully saturated rings. The molecule has 1 rings (SSSR count). The molecule has 0 aliphatic heterocycles. The Hall–Kier alpha value is -1.06. The highest BCUT2D eigenvalue weighted by Gasteiger charge is 2.10. The van der Waals surface area contributed by atoms with E-state index in [2.05, 4.69) is 0 Å². The Morgan fingerprint density at radius 2 is 2.08 bits per heavy atom. The summed E-state index contributed by atoms with van der Waals surface area (Å²) in [6.45, 7) is 1.52. The Labute approximate surface area is 77.6 Å². The average molecular weight is 182 g/mol. The summed E-state index contributed by atoms with van der Waals surface area (Å²) < 4.78 is 4.96. The van der Waals surface area contributed by atoms with Crippen molar-refractivity contribution in [2.45, 2.75) is 19.4 Å². The molecular formula is C10H14O3. The zero-order chi connectivity index (χ0) is 9.68. The van der Waals surface area contributed by atoms with Gasteiger partial charge in [0.1, 0.15) is 5.75 Å². The van der Waals surface area contributed by atoms with Crippen LogP contribution in [-0.4, -0.2) is 17.0 Å². The molecule has 1 aromatic carbocycles. The summed E-state index contributed by atoms with van der Waals surface area (Å²) in [5, 5.41) is 18.2. The van der Waals surface area contributed by atoms with Crippen LogP contribution in [0, 0.1) is 0 Å². The maximum atomic E-state index is 9.58. The molecule has 0 aromatic heterocycles. The van der Waals surface area contributed by atoms with Gasteiger partial charge in [-0.25, -0.2) is 0 Å². The fraction of sp³-hybridized carbons (Fsp3) is 0.400. The molecule has 13 heavy (non-hydrogen) atoms. The number of hydrogen-bond donors (Lipinski definition) is 2. The van der Waals surface area contributed by atoms with Crippen LogP contribution in [-0.2, 0) is 0 Å². The Balaban J connectivity index is 2.90. The molecule has 1 aromatic rings. The van der Waals surface area contributed by atoms with Gasteiger partial charge in [0, 0.05) is 5.56 Å². The van der Waals surface area contributed by atoms with Crippen molar-refractivity contribution in [2.75, 3.05) is 6.79 Å². The number of hydrogen-bond acceptors (Lipinski definition) is 3. The van der Waals surface area contributed by atoms with Gasteiger partial charge in [-0.1, -0.05) is 25.1 Å². The van der Waals surface area contributed by atoms with Crippen molar-refractivity contribution in [3.63, 3.8) is 0 Å². The standard InChI is InChI=1S/C10H14O3/c1-2-9(12)8-5-3-4-6-10(8)13-7-11/h3-6,9,11-12H,2,7H2,1H3. The van der Waals surface area contributed by atoms with E-state index in [1.54, 1.807) is 18.2 Å². The molecule has 0 saturated carbocycles. The molecular weight excluding hydrogens is 168 g/mol. The minimum Gasteiger partial charge on any atom is -0.467 e. The van der Waals surface area contributed by atoms with E-state index in [9.17, 15) is 5.11 Å². The van der Waals surface area contributed by atoms with E-state index < -0.39 is 6.10 Å². The number of aliphatic hydroxyl groups excluding tert-OH is 2. The van der Waals surface area contributed by atoms with Gasteiger partial charge in [-0.05, 0) is 12.5 Å². The van der Waals surface area contributed by atoms with Crippen LogP contribution >= 0.6 is 0 Å². The number of rotatable bonds is 4. The fourth-order valence-corrected chi connectivity index (χ4v) is 1.18. The first-order valence-corrected chi connectivity index (χ1v) is 4.30. The quantitative estimate of drug-likeness (QED) is 0.693. The highest BCUT2D eigenvalue weighted by Crippen LogP contribution is 2.26. The van der Waals surface area contributed by atoms with Crippen molar-refractivity contribution < 1.29 is 14.9 Å². The molecule has 1 atom stereocenters. The molecule has 0 saturated heterocycles. The molecule has 0 heterocycles. The van der Waals surface area contributed by atoms with Crippen LogP contribution in [0.2, 0.25) is 0 Å². The largest absolute Gasteiger partial charge is 0.467 e. The zero-order valence-corrected chi connectivity index (χ0v) is 7.60. The highest BCUT2D eigenvalue weighted by molar-refractivity contribution is 5.34. The third kappa shape index (κ3) is 2.44. The molecule has 0 aliphatic carbocycles. The Morgan fingerprint density at radius 1 is 1.38 bits per heavy atom. The van der Waals surface area contributed by atoms with Crippen LogP contribution in [0.5, 0.6) is 5.75 Å². The maximum absolute atomic E-state index is 9.58. The molecule has 3 nitrogen and oxygen atoms in total. The van der Waals surface area contributed by atoms with Gasteiger partial charge in [-0.2, -0.15) is 0 Å². The first-order valence-electron chi connectivity index (χ1n) is 4.30. The summed E-state index contributed by atoms with van der Waals surface area (Å²) in [5.41, 5.74) is 0.721. The van der Waals surface area contributed by atoms with Crippen molar-refractivity contribution in [1.29, 1.82) is 0 Å². The third-order valence-corrected chi connectivity index (χ3v) is 1.88. The molecule has 0 amide bonds. The molecule has 2 N–H and O–H groups in total. The second-order valence-corrected chi connectivity index (χ2v) is 2.74.